The lowest BCUT2D eigenvalue weighted by atomic mass is 10.1. The standard InChI is InChI=1S/C8H8N4O4S/c9-8(17)11-10-3-4-1-6(13)7(14)2-5(4)12(15)16/h1-3,13-14H,(H3,9,11,17). The first kappa shape index (κ1) is 12.6. The lowest BCUT2D eigenvalue weighted by molar-refractivity contribution is -0.385. The molecule has 0 atom stereocenters. The Morgan fingerprint density at radius 2 is 2.12 bits per heavy atom. The molecular formula is C8H8N4O4S. The Morgan fingerprint density at radius 3 is 2.65 bits per heavy atom. The zero-order valence-electron chi connectivity index (χ0n) is 8.32. The van der Waals surface area contributed by atoms with Crippen molar-refractivity contribution < 1.29 is 15.1 Å². The number of hydrazone groups is 1. The number of nitrogens with one attached hydrogen (secondary N) is 1. The molecule has 0 saturated heterocycles. The Hall–Kier alpha value is -2.42. The van der Waals surface area contributed by atoms with Crippen LogP contribution in [-0.4, -0.2) is 26.5 Å². The molecule has 0 radical (unpaired) electrons. The number of nitrogens with zero attached hydrogens (tertiary/aromatic N) is 2. The predicted octanol–water partition coefficient (Wildman–Crippen LogP) is 0.173. The normalized spacial score (nSPS) is 10.4. The van der Waals surface area contributed by atoms with E-state index in [4.69, 9.17) is 10.8 Å². The maximum Gasteiger partial charge on any atom is 0.282 e. The number of aromatic hydroxyl groups is 2. The van der Waals surface area contributed by atoms with Crippen LogP contribution in [0.5, 0.6) is 11.5 Å². The number of hydrogen-bond donors (Lipinski definition) is 4. The molecule has 9 heteroatoms. The smallest absolute Gasteiger partial charge is 0.282 e. The number of benzene rings is 1. The molecule has 8 nitrogen and oxygen atoms in total. The first-order valence-electron chi connectivity index (χ1n) is 4.20. The van der Waals surface area contributed by atoms with Crippen LogP contribution in [0.15, 0.2) is 17.2 Å². The summed E-state index contributed by atoms with van der Waals surface area (Å²) in [7, 11) is 0. The number of nitro groups is 1. The Bertz CT molecular complexity index is 503. The first-order chi connectivity index (χ1) is 7.91. The predicted molar refractivity (Wildman–Crippen MR) is 63.9 cm³/mol. The minimum Gasteiger partial charge on any atom is -0.504 e. The molecular weight excluding hydrogens is 248 g/mol. The zero-order chi connectivity index (χ0) is 13.0. The molecule has 0 unspecified atom stereocenters. The molecule has 0 heterocycles. The second kappa shape index (κ2) is 5.07. The van der Waals surface area contributed by atoms with Gasteiger partial charge in [0.15, 0.2) is 16.6 Å². The number of phenolic OH excluding ortho intramolecular Hbond substituents is 2. The van der Waals surface area contributed by atoms with Crippen LogP contribution in [0.4, 0.5) is 5.69 Å². The van der Waals surface area contributed by atoms with Gasteiger partial charge in [0, 0.05) is 0 Å². The molecule has 1 aromatic rings. The van der Waals surface area contributed by atoms with Crippen LogP contribution in [0.1, 0.15) is 5.56 Å². The minimum atomic E-state index is -0.721. The van der Waals surface area contributed by atoms with Gasteiger partial charge in [0.1, 0.15) is 0 Å². The van der Waals surface area contributed by atoms with E-state index < -0.39 is 22.1 Å². The summed E-state index contributed by atoms with van der Waals surface area (Å²) in [6, 6.07) is 1.82. The number of nitrogens with two attached hydrogens (primary N) is 1. The Morgan fingerprint density at radius 1 is 1.53 bits per heavy atom. The summed E-state index contributed by atoms with van der Waals surface area (Å²) in [5.74, 6) is -1.08. The van der Waals surface area contributed by atoms with E-state index in [1.807, 2.05) is 0 Å². The van der Waals surface area contributed by atoms with Crippen molar-refractivity contribution >= 4 is 29.2 Å². The molecule has 1 rings (SSSR count). The maximum atomic E-state index is 10.7. The summed E-state index contributed by atoms with van der Waals surface area (Å²) >= 11 is 4.47. The van der Waals surface area contributed by atoms with Crippen LogP contribution >= 0.6 is 12.2 Å². The second-order valence-electron chi connectivity index (χ2n) is 2.89. The molecule has 1 aromatic carbocycles. The third-order valence-electron chi connectivity index (χ3n) is 1.70. The van der Waals surface area contributed by atoms with Gasteiger partial charge >= 0.3 is 0 Å². The number of thiocarbonyl (C=S) groups is 1. The van der Waals surface area contributed by atoms with Gasteiger partial charge in [-0.15, -0.1) is 0 Å². The molecule has 0 fully saturated rings. The number of nitro benzene ring substituents is 1. The summed E-state index contributed by atoms with van der Waals surface area (Å²) in [5.41, 5.74) is 6.88. The Kier molecular flexibility index (Phi) is 3.78. The molecule has 0 amide bonds. The van der Waals surface area contributed by atoms with Gasteiger partial charge in [-0.25, -0.2) is 0 Å². The Labute approximate surface area is 101 Å². The fraction of sp³-hybridized carbons (Fsp3) is 0. The van der Waals surface area contributed by atoms with Crippen LogP contribution in [0.25, 0.3) is 0 Å². The quantitative estimate of drug-likeness (QED) is 0.199. The van der Waals surface area contributed by atoms with Crippen molar-refractivity contribution in [1.82, 2.24) is 5.43 Å². The highest BCUT2D eigenvalue weighted by Crippen LogP contribution is 2.31. The molecule has 0 aliphatic rings. The topological polar surface area (TPSA) is 134 Å². The van der Waals surface area contributed by atoms with E-state index in [-0.39, 0.29) is 10.7 Å². The Balaban J connectivity index is 3.13. The monoisotopic (exact) mass is 256 g/mol. The second-order valence-corrected chi connectivity index (χ2v) is 3.33. The maximum absolute atomic E-state index is 10.7. The van der Waals surface area contributed by atoms with E-state index in [0.717, 1.165) is 18.3 Å². The van der Waals surface area contributed by atoms with Gasteiger partial charge in [-0.2, -0.15) is 5.10 Å². The van der Waals surface area contributed by atoms with E-state index in [1.165, 1.54) is 0 Å². The molecule has 90 valence electrons. The fourth-order valence-corrected chi connectivity index (χ4v) is 1.06. The summed E-state index contributed by atoms with van der Waals surface area (Å²) in [4.78, 5) is 9.94. The average Bonchev–Trinajstić information content (AvgIpc) is 2.22. The highest BCUT2D eigenvalue weighted by atomic mass is 32.1. The van der Waals surface area contributed by atoms with E-state index in [1.54, 1.807) is 0 Å². The van der Waals surface area contributed by atoms with Crippen molar-refractivity contribution in [2.24, 2.45) is 10.8 Å². The SMILES string of the molecule is NC(=S)NN=Cc1cc(O)c(O)cc1[N+](=O)[O-]. The number of phenols is 2. The highest BCUT2D eigenvalue weighted by Gasteiger charge is 2.16. The third kappa shape index (κ3) is 3.28. The van der Waals surface area contributed by atoms with Crippen LogP contribution in [-0.2, 0) is 0 Å². The molecule has 0 saturated carbocycles. The van der Waals surface area contributed by atoms with Crippen molar-refractivity contribution in [2.45, 2.75) is 0 Å². The van der Waals surface area contributed by atoms with Gasteiger partial charge in [0.2, 0.25) is 0 Å². The number of hydrogen-bond acceptors (Lipinski definition) is 6. The third-order valence-corrected chi connectivity index (χ3v) is 1.79. The number of rotatable bonds is 3. The molecule has 0 bridgehead atoms. The molecule has 0 spiro atoms. The van der Waals surface area contributed by atoms with Gasteiger partial charge in [0.25, 0.3) is 5.69 Å². The summed E-state index contributed by atoms with van der Waals surface area (Å²) < 4.78 is 0. The van der Waals surface area contributed by atoms with Crippen molar-refractivity contribution in [3.8, 4) is 11.5 Å². The van der Waals surface area contributed by atoms with Gasteiger partial charge in [-0.05, 0) is 18.3 Å². The summed E-state index contributed by atoms with van der Waals surface area (Å²) in [5, 5.41) is 32.4. The lowest BCUT2D eigenvalue weighted by Gasteiger charge is -2.01. The lowest BCUT2D eigenvalue weighted by Crippen LogP contribution is -2.24. The molecule has 0 aliphatic carbocycles. The van der Waals surface area contributed by atoms with Crippen LogP contribution in [0.3, 0.4) is 0 Å². The summed E-state index contributed by atoms with van der Waals surface area (Å²) in [6.07, 6.45) is 1.05. The first-order valence-corrected chi connectivity index (χ1v) is 4.61. The van der Waals surface area contributed by atoms with Crippen LogP contribution in [0, 0.1) is 10.1 Å². The van der Waals surface area contributed by atoms with E-state index in [9.17, 15) is 15.2 Å². The molecule has 5 N–H and O–H groups in total. The van der Waals surface area contributed by atoms with E-state index in [0.29, 0.717) is 0 Å². The van der Waals surface area contributed by atoms with Crippen molar-refractivity contribution in [3.63, 3.8) is 0 Å². The van der Waals surface area contributed by atoms with Crippen molar-refractivity contribution in [1.29, 1.82) is 0 Å². The summed E-state index contributed by atoms with van der Waals surface area (Å²) in [6.45, 7) is 0. The minimum absolute atomic E-state index is 0.00551. The highest BCUT2D eigenvalue weighted by molar-refractivity contribution is 7.80. The van der Waals surface area contributed by atoms with Crippen LogP contribution < -0.4 is 11.2 Å². The molecule has 0 aliphatic heterocycles. The molecule has 17 heavy (non-hydrogen) atoms. The van der Waals surface area contributed by atoms with Gasteiger partial charge < -0.3 is 15.9 Å². The van der Waals surface area contributed by atoms with E-state index in [2.05, 4.69) is 22.7 Å². The zero-order valence-corrected chi connectivity index (χ0v) is 9.14. The van der Waals surface area contributed by atoms with Crippen molar-refractivity contribution in [3.05, 3.63) is 27.8 Å². The van der Waals surface area contributed by atoms with Gasteiger partial charge in [0.05, 0.1) is 22.8 Å². The fourth-order valence-electron chi connectivity index (χ4n) is 1.01. The molecule has 0 aromatic heterocycles. The van der Waals surface area contributed by atoms with Gasteiger partial charge in [-0.3, -0.25) is 15.5 Å². The largest absolute Gasteiger partial charge is 0.504 e. The van der Waals surface area contributed by atoms with E-state index >= 15 is 0 Å². The van der Waals surface area contributed by atoms with Crippen molar-refractivity contribution in [2.75, 3.05) is 0 Å². The average molecular weight is 256 g/mol. The van der Waals surface area contributed by atoms with Crippen LogP contribution in [0.2, 0.25) is 0 Å². The van der Waals surface area contributed by atoms with Gasteiger partial charge in [-0.1, -0.05) is 0 Å².